The predicted molar refractivity (Wildman–Crippen MR) is 119 cm³/mol. The van der Waals surface area contributed by atoms with Gasteiger partial charge in [-0.15, -0.1) is 0 Å². The molecule has 1 amide bonds. The highest BCUT2D eigenvalue weighted by molar-refractivity contribution is 6.09. The van der Waals surface area contributed by atoms with E-state index >= 15 is 0 Å². The van der Waals surface area contributed by atoms with Gasteiger partial charge in [0.05, 0.1) is 5.69 Å². The first-order chi connectivity index (χ1) is 13.7. The van der Waals surface area contributed by atoms with Gasteiger partial charge in [0.15, 0.2) is 0 Å². The lowest BCUT2D eigenvalue weighted by molar-refractivity contribution is 0.0966. The molecule has 0 fully saturated rings. The van der Waals surface area contributed by atoms with Gasteiger partial charge in [-0.25, -0.2) is 4.39 Å². The van der Waals surface area contributed by atoms with Crippen molar-refractivity contribution in [3.63, 3.8) is 0 Å². The van der Waals surface area contributed by atoms with Gasteiger partial charge in [-0.2, -0.15) is 0 Å². The summed E-state index contributed by atoms with van der Waals surface area (Å²) in [7, 11) is 0. The lowest BCUT2D eigenvalue weighted by atomic mass is 9.78. The lowest BCUT2D eigenvalue weighted by Gasteiger charge is -2.33. The number of hydrogen-bond donors (Lipinski definition) is 0. The van der Waals surface area contributed by atoms with E-state index in [0.717, 1.165) is 29.8 Å². The van der Waals surface area contributed by atoms with E-state index in [1.54, 1.807) is 12.1 Å². The number of carbonyl (C=O) groups is 1. The smallest absolute Gasteiger partial charge is 0.258 e. The minimum atomic E-state index is -0.386. The normalized spacial score (nSPS) is 18.8. The van der Waals surface area contributed by atoms with E-state index in [0.29, 0.717) is 5.56 Å². The third-order valence-electron chi connectivity index (χ3n) is 6.36. The Morgan fingerprint density at radius 1 is 1.03 bits per heavy atom. The fourth-order valence-corrected chi connectivity index (χ4v) is 5.19. The third-order valence-corrected chi connectivity index (χ3v) is 6.36. The number of amides is 1. The maximum absolute atomic E-state index is 13.6. The van der Waals surface area contributed by atoms with Crippen LogP contribution in [-0.2, 0) is 18.3 Å². The van der Waals surface area contributed by atoms with Crippen molar-refractivity contribution in [2.24, 2.45) is 0 Å². The number of carbonyl (C=O) groups excluding carboxylic acids is 1. The van der Waals surface area contributed by atoms with Gasteiger partial charge in [0.2, 0.25) is 0 Å². The number of anilines is 1. The van der Waals surface area contributed by atoms with Gasteiger partial charge in [-0.3, -0.25) is 4.79 Å². The molecule has 2 aliphatic heterocycles. The average Bonchev–Trinajstić information content (AvgIpc) is 3.06. The van der Waals surface area contributed by atoms with Gasteiger partial charge in [0.25, 0.3) is 5.91 Å². The molecule has 0 spiro atoms. The minimum absolute atomic E-state index is 0.0835. The Labute approximate surface area is 179 Å². The molecule has 3 nitrogen and oxygen atoms in total. The van der Waals surface area contributed by atoms with Crippen molar-refractivity contribution in [3.05, 3.63) is 57.9 Å². The third kappa shape index (κ3) is 3.12. The van der Waals surface area contributed by atoms with Crippen molar-refractivity contribution >= 4 is 11.6 Å². The first-order valence-electron chi connectivity index (χ1n) is 10.7. The molecule has 2 aliphatic rings. The molecule has 2 aromatic carbocycles. The quantitative estimate of drug-likeness (QED) is 0.567. The molecule has 2 heterocycles. The number of halogens is 1. The van der Waals surface area contributed by atoms with Gasteiger partial charge in [-0.05, 0) is 81.8 Å². The van der Waals surface area contributed by atoms with Crippen LogP contribution in [-0.4, -0.2) is 17.0 Å². The summed E-state index contributed by atoms with van der Waals surface area (Å²) in [5.41, 5.74) is 5.51. The molecule has 160 valence electrons. The molecular formula is C26H32FNO2. The molecule has 0 saturated carbocycles. The Hall–Kier alpha value is -2.36. The van der Waals surface area contributed by atoms with Crippen LogP contribution in [0.1, 0.15) is 81.1 Å². The second kappa shape index (κ2) is 6.32. The van der Waals surface area contributed by atoms with Crippen LogP contribution in [0, 0.1) is 12.7 Å². The number of ether oxygens (including phenoxy) is 1. The molecule has 0 N–H and O–H groups in total. The molecule has 0 unspecified atom stereocenters. The van der Waals surface area contributed by atoms with E-state index in [2.05, 4.69) is 55.4 Å². The average molecular weight is 410 g/mol. The highest BCUT2D eigenvalue weighted by Gasteiger charge is 2.47. The summed E-state index contributed by atoms with van der Waals surface area (Å²) in [5, 5.41) is 0. The van der Waals surface area contributed by atoms with Gasteiger partial charge < -0.3 is 9.64 Å². The molecule has 0 saturated heterocycles. The molecule has 0 radical (unpaired) electrons. The van der Waals surface area contributed by atoms with Crippen LogP contribution < -0.4 is 9.64 Å². The van der Waals surface area contributed by atoms with Crippen LogP contribution in [0.4, 0.5) is 10.1 Å². The zero-order chi connectivity index (χ0) is 22.2. The molecule has 30 heavy (non-hydrogen) atoms. The monoisotopic (exact) mass is 409 g/mol. The summed E-state index contributed by atoms with van der Waals surface area (Å²) in [5.74, 6) is 0.589. The van der Waals surface area contributed by atoms with Gasteiger partial charge in [0, 0.05) is 28.7 Å². The molecule has 0 bridgehead atoms. The largest absolute Gasteiger partial charge is 0.487 e. The second-order valence-electron chi connectivity index (χ2n) is 11.1. The SMILES string of the molecule is Cc1c2c(c(C(C)(C)C)c3c1N(C(=O)c1ccc(F)cc1)C(C)(C)C3)OC(C)(C)C2. The van der Waals surface area contributed by atoms with E-state index in [1.807, 2.05) is 4.90 Å². The summed E-state index contributed by atoms with van der Waals surface area (Å²) in [4.78, 5) is 15.6. The van der Waals surface area contributed by atoms with Crippen molar-refractivity contribution in [1.29, 1.82) is 0 Å². The van der Waals surface area contributed by atoms with Gasteiger partial charge in [0.1, 0.15) is 17.2 Å². The van der Waals surface area contributed by atoms with Gasteiger partial charge in [-0.1, -0.05) is 20.8 Å². The van der Waals surface area contributed by atoms with Crippen LogP contribution >= 0.6 is 0 Å². The van der Waals surface area contributed by atoms with E-state index < -0.39 is 0 Å². The number of hydrogen-bond acceptors (Lipinski definition) is 2. The topological polar surface area (TPSA) is 29.5 Å². The highest BCUT2D eigenvalue weighted by Crippen LogP contribution is 2.54. The predicted octanol–water partition coefficient (Wildman–Crippen LogP) is 6.13. The van der Waals surface area contributed by atoms with E-state index in [9.17, 15) is 9.18 Å². The Morgan fingerprint density at radius 3 is 2.20 bits per heavy atom. The van der Waals surface area contributed by atoms with E-state index in [4.69, 9.17) is 4.74 Å². The standard InChI is InChI=1S/C26H32FNO2/c1-15-18-14-26(7,8)30-22(18)20(24(2,3)4)19-13-25(5,6)28(21(15)19)23(29)16-9-11-17(27)12-10-16/h9-12H,13-14H2,1-8H3. The second-order valence-corrected chi connectivity index (χ2v) is 11.1. The Morgan fingerprint density at radius 2 is 1.63 bits per heavy atom. The molecule has 0 atom stereocenters. The van der Waals surface area contributed by atoms with Crippen molar-refractivity contribution in [1.82, 2.24) is 0 Å². The van der Waals surface area contributed by atoms with Crippen LogP contribution in [0.25, 0.3) is 0 Å². The highest BCUT2D eigenvalue weighted by atomic mass is 19.1. The Balaban J connectivity index is 1.97. The zero-order valence-corrected chi connectivity index (χ0v) is 19.4. The van der Waals surface area contributed by atoms with Crippen LogP contribution in [0.15, 0.2) is 24.3 Å². The maximum atomic E-state index is 13.6. The lowest BCUT2D eigenvalue weighted by Crippen LogP contribution is -2.45. The van der Waals surface area contributed by atoms with Crippen molar-refractivity contribution in [2.45, 2.75) is 84.8 Å². The Kier molecular flexibility index (Phi) is 4.40. The first kappa shape index (κ1) is 20.9. The Bertz CT molecular complexity index is 1040. The van der Waals surface area contributed by atoms with E-state index in [-0.39, 0.29) is 28.3 Å². The fraction of sp³-hybridized carbons (Fsp3) is 0.500. The maximum Gasteiger partial charge on any atom is 0.258 e. The first-order valence-corrected chi connectivity index (χ1v) is 10.7. The molecule has 4 rings (SSSR count). The van der Waals surface area contributed by atoms with Crippen molar-refractivity contribution in [3.8, 4) is 5.75 Å². The number of benzene rings is 2. The number of nitrogens with zero attached hydrogens (tertiary/aromatic N) is 1. The molecule has 0 aliphatic carbocycles. The molecule has 0 aromatic heterocycles. The van der Waals surface area contributed by atoms with Crippen LogP contribution in [0.3, 0.4) is 0 Å². The summed E-state index contributed by atoms with van der Waals surface area (Å²) in [6, 6.07) is 5.85. The number of fused-ring (bicyclic) bond motifs is 2. The molecule has 4 heteroatoms. The van der Waals surface area contributed by atoms with Crippen molar-refractivity contribution in [2.75, 3.05) is 4.90 Å². The zero-order valence-electron chi connectivity index (χ0n) is 19.4. The summed E-state index contributed by atoms with van der Waals surface area (Å²) >= 11 is 0. The molecule has 2 aromatic rings. The van der Waals surface area contributed by atoms with Gasteiger partial charge >= 0.3 is 0 Å². The van der Waals surface area contributed by atoms with Crippen LogP contribution in [0.2, 0.25) is 0 Å². The minimum Gasteiger partial charge on any atom is -0.487 e. The van der Waals surface area contributed by atoms with Crippen LogP contribution in [0.5, 0.6) is 5.75 Å². The summed E-state index contributed by atoms with van der Waals surface area (Å²) < 4.78 is 19.9. The summed E-state index contributed by atoms with van der Waals surface area (Å²) in [6.45, 7) is 17.2. The fourth-order valence-electron chi connectivity index (χ4n) is 5.19. The summed E-state index contributed by atoms with van der Waals surface area (Å²) in [6.07, 6.45) is 1.59. The van der Waals surface area contributed by atoms with Crippen molar-refractivity contribution < 1.29 is 13.9 Å². The number of rotatable bonds is 1. The van der Waals surface area contributed by atoms with E-state index in [1.165, 1.54) is 28.8 Å². The molecular weight excluding hydrogens is 377 g/mol.